The first-order valence-corrected chi connectivity index (χ1v) is 5.16. The lowest BCUT2D eigenvalue weighted by molar-refractivity contribution is 0.628. The maximum Gasteiger partial charge on any atom is 0.123 e. The van der Waals surface area contributed by atoms with Gasteiger partial charge in [0.2, 0.25) is 0 Å². The van der Waals surface area contributed by atoms with E-state index >= 15 is 0 Å². The molecule has 2 heteroatoms. The van der Waals surface area contributed by atoms with Crippen molar-refractivity contribution >= 4 is 5.52 Å². The molecule has 0 N–H and O–H groups in total. The summed E-state index contributed by atoms with van der Waals surface area (Å²) in [6.07, 6.45) is 4.05. The summed E-state index contributed by atoms with van der Waals surface area (Å²) in [4.78, 5) is 0. The van der Waals surface area contributed by atoms with E-state index in [0.29, 0.717) is 0 Å². The molecule has 78 valence electrons. The number of benzene rings is 1. The highest BCUT2D eigenvalue weighted by atomic mass is 19.1. The predicted octanol–water partition coefficient (Wildman–Crippen LogP) is 3.75. The molecule has 0 unspecified atom stereocenters. The van der Waals surface area contributed by atoms with E-state index < -0.39 is 0 Å². The fourth-order valence-corrected chi connectivity index (χ4v) is 1.86. The van der Waals surface area contributed by atoms with Crippen LogP contribution in [0.3, 0.4) is 0 Å². The van der Waals surface area contributed by atoms with Gasteiger partial charge in [0.1, 0.15) is 5.82 Å². The third kappa shape index (κ3) is 1.48. The Hall–Kier alpha value is -2.09. The van der Waals surface area contributed by atoms with E-state index in [0.717, 1.165) is 16.6 Å². The fourth-order valence-electron chi connectivity index (χ4n) is 1.86. The largest absolute Gasteiger partial charge is 0.323 e. The number of fused-ring (bicyclic) bond motifs is 1. The van der Waals surface area contributed by atoms with Gasteiger partial charge in [-0.05, 0) is 35.9 Å². The van der Waals surface area contributed by atoms with Crippen LogP contribution in [0.1, 0.15) is 0 Å². The maximum atomic E-state index is 12.8. The van der Waals surface area contributed by atoms with Gasteiger partial charge in [0.15, 0.2) is 0 Å². The molecule has 1 aromatic carbocycles. The lowest BCUT2D eigenvalue weighted by atomic mass is 10.1. The molecule has 0 bridgehead atoms. The van der Waals surface area contributed by atoms with Gasteiger partial charge in [0.25, 0.3) is 0 Å². The van der Waals surface area contributed by atoms with E-state index in [1.54, 1.807) is 12.1 Å². The first-order valence-electron chi connectivity index (χ1n) is 5.16. The topological polar surface area (TPSA) is 4.41 Å². The van der Waals surface area contributed by atoms with Gasteiger partial charge in [-0.1, -0.05) is 18.2 Å². The van der Waals surface area contributed by atoms with E-state index in [4.69, 9.17) is 0 Å². The lowest BCUT2D eigenvalue weighted by Crippen LogP contribution is -1.77. The first kappa shape index (κ1) is 9.16. The van der Waals surface area contributed by atoms with Crippen LogP contribution in [0.25, 0.3) is 16.6 Å². The fraction of sp³-hybridized carbons (Fsp3) is 0. The second-order valence-electron chi connectivity index (χ2n) is 3.77. The molecule has 0 aliphatic heterocycles. The standard InChI is InChI=1S/C14H10FN/c15-13-6-4-11(5-7-13)12-9-14-3-1-2-8-16(14)10-12/h1-10H. The van der Waals surface area contributed by atoms with Gasteiger partial charge in [-0.15, -0.1) is 0 Å². The van der Waals surface area contributed by atoms with Crippen LogP contribution in [0, 0.1) is 5.82 Å². The summed E-state index contributed by atoms with van der Waals surface area (Å²) in [6, 6.07) is 14.7. The summed E-state index contributed by atoms with van der Waals surface area (Å²) < 4.78 is 14.9. The van der Waals surface area contributed by atoms with Crippen LogP contribution in [0.5, 0.6) is 0 Å². The molecule has 0 atom stereocenters. The molecule has 3 rings (SSSR count). The van der Waals surface area contributed by atoms with Crippen molar-refractivity contribution in [1.82, 2.24) is 4.40 Å². The lowest BCUT2D eigenvalue weighted by Gasteiger charge is -1.95. The molecule has 0 aliphatic rings. The van der Waals surface area contributed by atoms with Gasteiger partial charge in [0.05, 0.1) is 0 Å². The van der Waals surface area contributed by atoms with Crippen LogP contribution >= 0.6 is 0 Å². The minimum atomic E-state index is -0.201. The van der Waals surface area contributed by atoms with Crippen molar-refractivity contribution in [1.29, 1.82) is 0 Å². The zero-order chi connectivity index (χ0) is 11.0. The molecule has 0 saturated heterocycles. The molecule has 16 heavy (non-hydrogen) atoms. The average Bonchev–Trinajstić information content (AvgIpc) is 2.73. The Morgan fingerprint density at radius 3 is 2.44 bits per heavy atom. The van der Waals surface area contributed by atoms with Gasteiger partial charge < -0.3 is 4.40 Å². The van der Waals surface area contributed by atoms with Crippen molar-refractivity contribution in [3.8, 4) is 11.1 Å². The summed E-state index contributed by atoms with van der Waals surface area (Å²) in [5.74, 6) is -0.201. The Morgan fingerprint density at radius 1 is 0.875 bits per heavy atom. The van der Waals surface area contributed by atoms with E-state index in [2.05, 4.69) is 10.5 Å². The van der Waals surface area contributed by atoms with Crippen LogP contribution in [0.15, 0.2) is 60.9 Å². The van der Waals surface area contributed by atoms with Crippen molar-refractivity contribution < 1.29 is 4.39 Å². The predicted molar refractivity (Wildman–Crippen MR) is 62.8 cm³/mol. The van der Waals surface area contributed by atoms with E-state index in [1.165, 1.54) is 12.1 Å². The van der Waals surface area contributed by atoms with Gasteiger partial charge in [-0.2, -0.15) is 0 Å². The summed E-state index contributed by atoms with van der Waals surface area (Å²) in [5.41, 5.74) is 3.28. The maximum absolute atomic E-state index is 12.8. The Bertz CT molecular complexity index is 590. The molecule has 2 aromatic heterocycles. The van der Waals surface area contributed by atoms with E-state index in [-0.39, 0.29) is 5.82 Å². The minimum Gasteiger partial charge on any atom is -0.323 e. The first-order chi connectivity index (χ1) is 7.83. The van der Waals surface area contributed by atoms with Gasteiger partial charge >= 0.3 is 0 Å². The second kappa shape index (κ2) is 3.49. The van der Waals surface area contributed by atoms with Crippen LogP contribution in [-0.4, -0.2) is 4.40 Å². The van der Waals surface area contributed by atoms with Crippen molar-refractivity contribution in [3.63, 3.8) is 0 Å². The molecule has 2 heterocycles. The smallest absolute Gasteiger partial charge is 0.123 e. The van der Waals surface area contributed by atoms with Crippen LogP contribution < -0.4 is 0 Å². The molecular weight excluding hydrogens is 201 g/mol. The molecule has 0 aliphatic carbocycles. The SMILES string of the molecule is Fc1ccc(-c2cc3ccccn3c2)cc1. The highest BCUT2D eigenvalue weighted by Crippen LogP contribution is 2.22. The number of nitrogens with zero attached hydrogens (tertiary/aromatic N) is 1. The van der Waals surface area contributed by atoms with Gasteiger partial charge in [-0.3, -0.25) is 0 Å². The summed E-state index contributed by atoms with van der Waals surface area (Å²) in [6.45, 7) is 0. The molecule has 0 saturated carbocycles. The quantitative estimate of drug-likeness (QED) is 0.577. The molecule has 1 nitrogen and oxygen atoms in total. The zero-order valence-corrected chi connectivity index (χ0v) is 8.60. The van der Waals surface area contributed by atoms with Crippen molar-refractivity contribution in [2.45, 2.75) is 0 Å². The molecule has 0 amide bonds. The van der Waals surface area contributed by atoms with Crippen molar-refractivity contribution in [2.24, 2.45) is 0 Å². The van der Waals surface area contributed by atoms with Crippen LogP contribution in [-0.2, 0) is 0 Å². The molecular formula is C14H10FN. The van der Waals surface area contributed by atoms with Gasteiger partial charge in [0, 0.05) is 23.5 Å². The number of aromatic nitrogens is 1. The van der Waals surface area contributed by atoms with Crippen molar-refractivity contribution in [2.75, 3.05) is 0 Å². The van der Waals surface area contributed by atoms with Gasteiger partial charge in [-0.25, -0.2) is 4.39 Å². The Kier molecular flexibility index (Phi) is 2.00. The number of rotatable bonds is 1. The monoisotopic (exact) mass is 211 g/mol. The Morgan fingerprint density at radius 2 is 1.69 bits per heavy atom. The molecule has 3 aromatic rings. The molecule has 0 radical (unpaired) electrons. The zero-order valence-electron chi connectivity index (χ0n) is 8.60. The third-order valence-corrected chi connectivity index (χ3v) is 2.68. The van der Waals surface area contributed by atoms with Crippen LogP contribution in [0.4, 0.5) is 4.39 Å². The van der Waals surface area contributed by atoms with E-state index in [1.807, 2.05) is 30.6 Å². The Balaban J connectivity index is 2.15. The third-order valence-electron chi connectivity index (χ3n) is 2.68. The van der Waals surface area contributed by atoms with Crippen molar-refractivity contribution in [3.05, 3.63) is 66.7 Å². The molecule has 0 spiro atoms. The summed E-state index contributed by atoms with van der Waals surface area (Å²) >= 11 is 0. The number of pyridine rings is 1. The number of hydrogen-bond acceptors (Lipinski definition) is 0. The highest BCUT2D eigenvalue weighted by Gasteiger charge is 2.01. The number of hydrogen-bond donors (Lipinski definition) is 0. The normalized spacial score (nSPS) is 10.8. The highest BCUT2D eigenvalue weighted by molar-refractivity contribution is 5.70. The number of halogens is 1. The molecule has 0 fully saturated rings. The summed E-state index contributed by atoms with van der Waals surface area (Å²) in [5, 5.41) is 0. The van der Waals surface area contributed by atoms with E-state index in [9.17, 15) is 4.39 Å². The van der Waals surface area contributed by atoms with Crippen LogP contribution in [0.2, 0.25) is 0 Å². The minimum absolute atomic E-state index is 0.201. The average molecular weight is 211 g/mol. The Labute approximate surface area is 92.8 Å². The second-order valence-corrected chi connectivity index (χ2v) is 3.77. The summed E-state index contributed by atoms with van der Waals surface area (Å²) in [7, 11) is 0.